The van der Waals surface area contributed by atoms with Crippen LogP contribution in [0.2, 0.25) is 0 Å². The third kappa shape index (κ3) is 5.03. The van der Waals surface area contributed by atoms with Crippen LogP contribution in [0.4, 0.5) is 8.78 Å². The number of hydrogen-bond donors (Lipinski definition) is 0. The maximum Gasteiger partial charge on any atom is 0.165 e. The molecule has 0 aliphatic heterocycles. The second-order valence-electron chi connectivity index (χ2n) is 9.35. The minimum atomic E-state index is -0.905. The number of fused-ring (bicyclic) bond motifs is 1. The Kier molecular flexibility index (Phi) is 6.86. The van der Waals surface area contributed by atoms with E-state index in [0.29, 0.717) is 24.1 Å². The van der Waals surface area contributed by atoms with Crippen LogP contribution in [0.3, 0.4) is 0 Å². The van der Waals surface area contributed by atoms with E-state index in [0.717, 1.165) is 45.6 Å². The third-order valence-electron chi connectivity index (χ3n) is 6.50. The fourth-order valence-electron chi connectivity index (χ4n) is 4.79. The van der Waals surface area contributed by atoms with Gasteiger partial charge >= 0.3 is 0 Å². The lowest BCUT2D eigenvalue weighted by Gasteiger charge is -2.15. The monoisotopic (exact) mass is 496 g/mol. The van der Waals surface area contributed by atoms with Crippen molar-refractivity contribution in [2.45, 2.75) is 39.2 Å². The maximum atomic E-state index is 13.7. The van der Waals surface area contributed by atoms with Crippen molar-refractivity contribution >= 4 is 16.7 Å². The molecule has 0 radical (unpaired) electrons. The Morgan fingerprint density at radius 2 is 1.76 bits per heavy atom. The summed E-state index contributed by atoms with van der Waals surface area (Å²) in [5, 5.41) is 0.857. The number of benzene rings is 2. The lowest BCUT2D eigenvalue weighted by atomic mass is 9.95. The van der Waals surface area contributed by atoms with Crippen molar-refractivity contribution in [3.8, 4) is 11.1 Å². The fraction of sp³-hybridized carbons (Fsp3) is 0.200. The van der Waals surface area contributed by atoms with Crippen LogP contribution < -0.4 is 0 Å². The molecule has 37 heavy (non-hydrogen) atoms. The van der Waals surface area contributed by atoms with Crippen molar-refractivity contribution in [3.05, 3.63) is 114 Å². The number of carbonyl (C=O) groups excluding carboxylic acids is 1. The molecule has 0 bridgehead atoms. The predicted octanol–water partition coefficient (Wildman–Crippen LogP) is 6.76. The highest BCUT2D eigenvalue weighted by molar-refractivity contribution is 6.10. The summed E-state index contributed by atoms with van der Waals surface area (Å²) in [6, 6.07) is 15.6. The molecule has 0 spiro atoms. The normalized spacial score (nSPS) is 11.4. The van der Waals surface area contributed by atoms with E-state index in [1.54, 1.807) is 18.6 Å². The largest absolute Gasteiger partial charge is 0.338 e. The standard InChI is InChI=1S/C30H26F2N4O/c1-19(2)30-29(28(37)11-7-20-6-10-25(31)26(32)13-20)24-9-8-21(22-15-33-18-34-16-22)14-27(24)36(30)17-23-5-3-4-12-35-23/h3-6,8-10,12-16,18-19H,7,11,17H2,1-2H3. The number of rotatable bonds is 8. The number of pyridine rings is 1. The Morgan fingerprint density at radius 1 is 0.946 bits per heavy atom. The molecule has 7 heteroatoms. The molecular formula is C30H26F2N4O. The Hall–Kier alpha value is -4.26. The third-order valence-corrected chi connectivity index (χ3v) is 6.50. The lowest BCUT2D eigenvalue weighted by Crippen LogP contribution is -2.11. The maximum absolute atomic E-state index is 13.7. The highest BCUT2D eigenvalue weighted by Gasteiger charge is 2.25. The first-order valence-electron chi connectivity index (χ1n) is 12.2. The van der Waals surface area contributed by atoms with Gasteiger partial charge in [0.25, 0.3) is 0 Å². The van der Waals surface area contributed by atoms with Crippen LogP contribution in [-0.2, 0) is 13.0 Å². The van der Waals surface area contributed by atoms with Crippen molar-refractivity contribution in [1.82, 2.24) is 19.5 Å². The number of ketones is 1. The second kappa shape index (κ2) is 10.4. The van der Waals surface area contributed by atoms with Crippen molar-refractivity contribution in [2.24, 2.45) is 0 Å². The number of carbonyl (C=O) groups is 1. The van der Waals surface area contributed by atoms with Crippen LogP contribution in [0.5, 0.6) is 0 Å². The van der Waals surface area contributed by atoms with Gasteiger partial charge in [-0.1, -0.05) is 38.1 Å². The average Bonchev–Trinajstić information content (AvgIpc) is 3.24. The summed E-state index contributed by atoms with van der Waals surface area (Å²) in [6.07, 6.45) is 7.28. The van der Waals surface area contributed by atoms with E-state index in [1.807, 2.05) is 30.3 Å². The average molecular weight is 497 g/mol. The summed E-state index contributed by atoms with van der Waals surface area (Å²) in [5.41, 5.74) is 5.82. The molecule has 0 N–H and O–H groups in total. The second-order valence-corrected chi connectivity index (χ2v) is 9.35. The molecule has 0 fully saturated rings. The molecule has 0 unspecified atom stereocenters. The number of Topliss-reactive ketones (excluding diaryl/α,β-unsaturated/α-hetero) is 1. The van der Waals surface area contributed by atoms with Gasteiger partial charge in [-0.25, -0.2) is 18.7 Å². The summed E-state index contributed by atoms with van der Waals surface area (Å²) < 4.78 is 29.2. The number of aromatic nitrogens is 4. The molecule has 0 aliphatic rings. The number of hydrogen-bond acceptors (Lipinski definition) is 4. The van der Waals surface area contributed by atoms with Crippen LogP contribution in [0.25, 0.3) is 22.0 Å². The molecule has 2 aromatic carbocycles. The topological polar surface area (TPSA) is 60.7 Å². The molecule has 0 aliphatic carbocycles. The highest BCUT2D eigenvalue weighted by atomic mass is 19.2. The van der Waals surface area contributed by atoms with Gasteiger partial charge in [0, 0.05) is 52.7 Å². The summed E-state index contributed by atoms with van der Waals surface area (Å²) in [4.78, 5) is 26.5. The van der Waals surface area contributed by atoms with Gasteiger partial charge < -0.3 is 4.57 Å². The first-order chi connectivity index (χ1) is 17.9. The molecule has 0 saturated heterocycles. The Balaban J connectivity index is 1.62. The van der Waals surface area contributed by atoms with Crippen molar-refractivity contribution < 1.29 is 13.6 Å². The Bertz CT molecular complexity index is 1560. The van der Waals surface area contributed by atoms with Crippen LogP contribution in [-0.4, -0.2) is 25.3 Å². The molecule has 5 rings (SSSR count). The SMILES string of the molecule is CC(C)c1c(C(=O)CCc2ccc(F)c(F)c2)c2ccc(-c3cncnc3)cc2n1Cc1ccccn1. The lowest BCUT2D eigenvalue weighted by molar-refractivity contribution is 0.0982. The number of aryl methyl sites for hydroxylation is 1. The van der Waals surface area contributed by atoms with Crippen LogP contribution >= 0.6 is 0 Å². The summed E-state index contributed by atoms with van der Waals surface area (Å²) in [6.45, 7) is 4.65. The summed E-state index contributed by atoms with van der Waals surface area (Å²) >= 11 is 0. The molecule has 0 atom stereocenters. The highest BCUT2D eigenvalue weighted by Crippen LogP contribution is 2.35. The first kappa shape index (κ1) is 24.4. The number of halogens is 2. The Morgan fingerprint density at radius 3 is 2.46 bits per heavy atom. The smallest absolute Gasteiger partial charge is 0.165 e. The van der Waals surface area contributed by atoms with E-state index in [2.05, 4.69) is 39.4 Å². The summed E-state index contributed by atoms with van der Waals surface area (Å²) in [7, 11) is 0. The summed E-state index contributed by atoms with van der Waals surface area (Å²) in [5.74, 6) is -1.78. The zero-order valence-corrected chi connectivity index (χ0v) is 20.7. The predicted molar refractivity (Wildman–Crippen MR) is 139 cm³/mol. The van der Waals surface area contributed by atoms with Gasteiger partial charge in [0.05, 0.1) is 12.2 Å². The molecule has 0 saturated carbocycles. The minimum absolute atomic E-state index is 0.0333. The van der Waals surface area contributed by atoms with E-state index in [-0.39, 0.29) is 18.1 Å². The van der Waals surface area contributed by atoms with Crippen molar-refractivity contribution in [3.63, 3.8) is 0 Å². The molecule has 3 aromatic heterocycles. The molecular weight excluding hydrogens is 470 g/mol. The van der Waals surface area contributed by atoms with Gasteiger partial charge in [0.15, 0.2) is 17.4 Å². The molecule has 5 aromatic rings. The minimum Gasteiger partial charge on any atom is -0.338 e. The molecule has 186 valence electrons. The van der Waals surface area contributed by atoms with E-state index in [4.69, 9.17) is 0 Å². The van der Waals surface area contributed by atoms with Gasteiger partial charge in [-0.2, -0.15) is 0 Å². The molecule has 5 nitrogen and oxygen atoms in total. The first-order valence-corrected chi connectivity index (χ1v) is 12.2. The molecule has 3 heterocycles. The van der Waals surface area contributed by atoms with Crippen LogP contribution in [0, 0.1) is 11.6 Å². The van der Waals surface area contributed by atoms with E-state index >= 15 is 0 Å². The van der Waals surface area contributed by atoms with E-state index in [9.17, 15) is 13.6 Å². The van der Waals surface area contributed by atoms with Gasteiger partial charge in [-0.05, 0) is 53.8 Å². The van der Waals surface area contributed by atoms with Gasteiger partial charge in [0.1, 0.15) is 6.33 Å². The van der Waals surface area contributed by atoms with Crippen LogP contribution in [0.15, 0.2) is 79.5 Å². The van der Waals surface area contributed by atoms with Gasteiger partial charge in [-0.3, -0.25) is 9.78 Å². The van der Waals surface area contributed by atoms with Gasteiger partial charge in [-0.15, -0.1) is 0 Å². The van der Waals surface area contributed by atoms with E-state index in [1.165, 1.54) is 12.4 Å². The van der Waals surface area contributed by atoms with Gasteiger partial charge in [0.2, 0.25) is 0 Å². The Labute approximate surface area is 213 Å². The van der Waals surface area contributed by atoms with Crippen molar-refractivity contribution in [1.29, 1.82) is 0 Å². The zero-order valence-electron chi connectivity index (χ0n) is 20.7. The fourth-order valence-corrected chi connectivity index (χ4v) is 4.79. The molecule has 0 amide bonds. The quantitative estimate of drug-likeness (QED) is 0.223. The zero-order chi connectivity index (χ0) is 25.9. The van der Waals surface area contributed by atoms with E-state index < -0.39 is 11.6 Å². The van der Waals surface area contributed by atoms with Crippen LogP contribution in [0.1, 0.15) is 53.5 Å². The number of nitrogens with zero attached hydrogens (tertiary/aromatic N) is 4. The van der Waals surface area contributed by atoms with Crippen molar-refractivity contribution in [2.75, 3.05) is 0 Å².